The lowest BCUT2D eigenvalue weighted by atomic mass is 10.0. The minimum atomic E-state index is -1.36. The summed E-state index contributed by atoms with van der Waals surface area (Å²) >= 11 is 0. The Morgan fingerprint density at radius 1 is 1.83 bits per heavy atom. The van der Waals surface area contributed by atoms with Crippen molar-refractivity contribution in [2.45, 2.75) is 12.5 Å². The molecule has 0 bridgehead atoms. The van der Waals surface area contributed by atoms with Crippen LogP contribution < -0.4 is 0 Å². The average Bonchev–Trinajstić information content (AvgIpc) is 2.54. The molecule has 0 saturated heterocycles. The standard InChI is InChI=1S/C7H10N2O3/c1-7(12-2,6(10)11)5-3-4-8-9-5/h3-4H,1-2H3,(H,8,9)(H,10,11). The van der Waals surface area contributed by atoms with Gasteiger partial charge in [-0.25, -0.2) is 4.79 Å². The second kappa shape index (κ2) is 2.94. The van der Waals surface area contributed by atoms with E-state index in [2.05, 4.69) is 10.2 Å². The summed E-state index contributed by atoms with van der Waals surface area (Å²) in [5.41, 5.74) is -1.00. The van der Waals surface area contributed by atoms with Crippen molar-refractivity contribution in [3.05, 3.63) is 18.0 Å². The van der Waals surface area contributed by atoms with Crippen molar-refractivity contribution in [1.29, 1.82) is 0 Å². The number of rotatable bonds is 3. The number of nitrogens with one attached hydrogen (secondary N) is 1. The maximum Gasteiger partial charge on any atom is 0.342 e. The predicted octanol–water partition coefficient (Wildman–Crippen LogP) is 0.356. The maximum atomic E-state index is 10.8. The molecule has 0 saturated carbocycles. The number of carboxylic acids is 1. The lowest BCUT2D eigenvalue weighted by Gasteiger charge is -2.19. The molecule has 0 spiro atoms. The molecule has 0 aliphatic rings. The molecule has 5 nitrogen and oxygen atoms in total. The highest BCUT2D eigenvalue weighted by molar-refractivity contribution is 5.78. The number of hydrogen-bond donors (Lipinski definition) is 2. The molecule has 0 aliphatic carbocycles. The third-order valence-electron chi connectivity index (χ3n) is 1.81. The van der Waals surface area contributed by atoms with Crippen molar-refractivity contribution in [3.63, 3.8) is 0 Å². The quantitative estimate of drug-likeness (QED) is 0.686. The van der Waals surface area contributed by atoms with E-state index in [4.69, 9.17) is 9.84 Å². The van der Waals surface area contributed by atoms with Crippen LogP contribution in [0.4, 0.5) is 0 Å². The fourth-order valence-electron chi connectivity index (χ4n) is 0.827. The van der Waals surface area contributed by atoms with Crippen molar-refractivity contribution in [3.8, 4) is 0 Å². The number of carbonyl (C=O) groups is 1. The van der Waals surface area contributed by atoms with Crippen LogP contribution in [-0.4, -0.2) is 28.4 Å². The van der Waals surface area contributed by atoms with E-state index < -0.39 is 11.6 Å². The predicted molar refractivity (Wildman–Crippen MR) is 40.6 cm³/mol. The summed E-state index contributed by atoms with van der Waals surface area (Å²) < 4.78 is 4.86. The van der Waals surface area contributed by atoms with Crippen molar-refractivity contribution in [2.75, 3.05) is 7.11 Å². The third-order valence-corrected chi connectivity index (χ3v) is 1.81. The Morgan fingerprint density at radius 3 is 2.83 bits per heavy atom. The average molecular weight is 170 g/mol. The van der Waals surface area contributed by atoms with Crippen LogP contribution in [0.25, 0.3) is 0 Å². The molecule has 1 unspecified atom stereocenters. The summed E-state index contributed by atoms with van der Waals surface area (Å²) in [6, 6.07) is 1.57. The lowest BCUT2D eigenvalue weighted by Crippen LogP contribution is -2.34. The number of aromatic amines is 1. The van der Waals surface area contributed by atoms with Gasteiger partial charge in [0.2, 0.25) is 5.60 Å². The zero-order valence-corrected chi connectivity index (χ0v) is 6.87. The molecule has 1 atom stereocenters. The smallest absolute Gasteiger partial charge is 0.342 e. The number of ether oxygens (including phenoxy) is 1. The van der Waals surface area contributed by atoms with Gasteiger partial charge in [-0.05, 0) is 13.0 Å². The highest BCUT2D eigenvalue weighted by atomic mass is 16.5. The molecule has 0 aliphatic heterocycles. The molecule has 0 aromatic carbocycles. The second-order valence-electron chi connectivity index (χ2n) is 2.50. The van der Waals surface area contributed by atoms with Gasteiger partial charge in [-0.2, -0.15) is 5.10 Å². The normalized spacial score (nSPS) is 15.5. The van der Waals surface area contributed by atoms with E-state index in [1.54, 1.807) is 12.3 Å². The summed E-state index contributed by atoms with van der Waals surface area (Å²) in [6.45, 7) is 1.45. The Balaban J connectivity index is 3.04. The Kier molecular flexibility index (Phi) is 2.14. The lowest BCUT2D eigenvalue weighted by molar-refractivity contribution is -0.161. The highest BCUT2D eigenvalue weighted by Crippen LogP contribution is 2.21. The SMILES string of the molecule is COC(C)(C(=O)O)c1cc[nH]n1. The van der Waals surface area contributed by atoms with Crippen LogP contribution in [0.1, 0.15) is 12.6 Å². The molecule has 1 aromatic heterocycles. The third kappa shape index (κ3) is 1.18. The number of H-pyrrole nitrogens is 1. The number of carboxylic acid groups (broad SMARTS) is 1. The van der Waals surface area contributed by atoms with E-state index in [0.717, 1.165) is 0 Å². The van der Waals surface area contributed by atoms with E-state index in [-0.39, 0.29) is 0 Å². The van der Waals surface area contributed by atoms with E-state index >= 15 is 0 Å². The largest absolute Gasteiger partial charge is 0.479 e. The van der Waals surface area contributed by atoms with Crippen molar-refractivity contribution in [2.24, 2.45) is 0 Å². The molecule has 5 heteroatoms. The molecule has 66 valence electrons. The van der Waals surface area contributed by atoms with Crippen LogP contribution >= 0.6 is 0 Å². The zero-order chi connectivity index (χ0) is 9.19. The minimum absolute atomic E-state index is 0.359. The molecule has 0 amide bonds. The van der Waals surface area contributed by atoms with Crippen LogP contribution in [0.2, 0.25) is 0 Å². The number of hydrogen-bond acceptors (Lipinski definition) is 3. The van der Waals surface area contributed by atoms with Crippen molar-refractivity contribution < 1.29 is 14.6 Å². The molecule has 0 fully saturated rings. The molecule has 0 radical (unpaired) electrons. The first-order valence-electron chi connectivity index (χ1n) is 3.40. The minimum Gasteiger partial charge on any atom is -0.479 e. The first-order chi connectivity index (χ1) is 5.61. The Hall–Kier alpha value is -1.36. The summed E-state index contributed by atoms with van der Waals surface area (Å²) in [6.07, 6.45) is 1.55. The van der Waals surface area contributed by atoms with Crippen LogP contribution in [0.5, 0.6) is 0 Å². The fourth-order valence-corrected chi connectivity index (χ4v) is 0.827. The fraction of sp³-hybridized carbons (Fsp3) is 0.429. The first kappa shape index (κ1) is 8.73. The summed E-state index contributed by atoms with van der Waals surface area (Å²) in [5, 5.41) is 15.1. The molecule has 1 heterocycles. The summed E-state index contributed by atoms with van der Waals surface area (Å²) in [4.78, 5) is 10.8. The Labute approximate surface area is 69.4 Å². The number of nitrogens with zero attached hydrogens (tertiary/aromatic N) is 1. The molecule has 1 aromatic rings. The van der Waals surface area contributed by atoms with Gasteiger partial charge in [-0.1, -0.05) is 0 Å². The van der Waals surface area contributed by atoms with Gasteiger partial charge in [-0.15, -0.1) is 0 Å². The highest BCUT2D eigenvalue weighted by Gasteiger charge is 2.37. The number of aromatic nitrogens is 2. The van der Waals surface area contributed by atoms with Crippen LogP contribution in [-0.2, 0) is 15.1 Å². The Bertz CT molecular complexity index is 270. The topological polar surface area (TPSA) is 75.2 Å². The van der Waals surface area contributed by atoms with E-state index in [1.165, 1.54) is 14.0 Å². The van der Waals surface area contributed by atoms with Crippen LogP contribution in [0, 0.1) is 0 Å². The Morgan fingerprint density at radius 2 is 2.50 bits per heavy atom. The van der Waals surface area contributed by atoms with Gasteiger partial charge < -0.3 is 9.84 Å². The molecular formula is C7H10N2O3. The van der Waals surface area contributed by atoms with Crippen molar-refractivity contribution >= 4 is 5.97 Å². The van der Waals surface area contributed by atoms with Crippen LogP contribution in [0.3, 0.4) is 0 Å². The van der Waals surface area contributed by atoms with Gasteiger partial charge in [0.15, 0.2) is 0 Å². The van der Waals surface area contributed by atoms with Gasteiger partial charge in [0.1, 0.15) is 5.69 Å². The number of aliphatic carboxylic acids is 1. The molecular weight excluding hydrogens is 160 g/mol. The van der Waals surface area contributed by atoms with E-state index in [1.807, 2.05) is 0 Å². The molecule has 1 rings (SSSR count). The molecule has 12 heavy (non-hydrogen) atoms. The van der Waals surface area contributed by atoms with E-state index in [0.29, 0.717) is 5.69 Å². The zero-order valence-electron chi connectivity index (χ0n) is 6.87. The monoisotopic (exact) mass is 170 g/mol. The van der Waals surface area contributed by atoms with E-state index in [9.17, 15) is 4.79 Å². The van der Waals surface area contributed by atoms with Crippen LogP contribution in [0.15, 0.2) is 12.3 Å². The van der Waals surface area contributed by atoms with Gasteiger partial charge in [0.25, 0.3) is 0 Å². The van der Waals surface area contributed by atoms with Gasteiger partial charge in [0.05, 0.1) is 0 Å². The molecule has 2 N–H and O–H groups in total. The van der Waals surface area contributed by atoms with Gasteiger partial charge >= 0.3 is 5.97 Å². The van der Waals surface area contributed by atoms with Gasteiger partial charge in [0, 0.05) is 13.3 Å². The second-order valence-corrected chi connectivity index (χ2v) is 2.50. The van der Waals surface area contributed by atoms with Crippen molar-refractivity contribution in [1.82, 2.24) is 10.2 Å². The first-order valence-corrected chi connectivity index (χ1v) is 3.40. The summed E-state index contributed by atoms with van der Waals surface area (Å²) in [7, 11) is 1.34. The summed E-state index contributed by atoms with van der Waals surface area (Å²) in [5.74, 6) is -1.06. The maximum absolute atomic E-state index is 10.8. The van der Waals surface area contributed by atoms with Gasteiger partial charge in [-0.3, -0.25) is 5.10 Å². The number of methoxy groups -OCH3 is 1.